The van der Waals surface area contributed by atoms with Crippen molar-refractivity contribution in [3.63, 3.8) is 0 Å². The quantitative estimate of drug-likeness (QED) is 0.0222. The molecule has 0 saturated carbocycles. The van der Waals surface area contributed by atoms with E-state index in [9.17, 15) is 43.2 Å². The van der Waals surface area contributed by atoms with E-state index in [1.165, 1.54) is 205 Å². The van der Waals surface area contributed by atoms with Gasteiger partial charge in [-0.05, 0) is 37.5 Å². The number of carbonyl (C=O) groups excluding carboxylic acids is 4. The predicted molar refractivity (Wildman–Crippen MR) is 381 cm³/mol. The highest BCUT2D eigenvalue weighted by atomic mass is 31.2. The minimum atomic E-state index is -4.96. The molecule has 0 fully saturated rings. The highest BCUT2D eigenvalue weighted by molar-refractivity contribution is 7.47. The van der Waals surface area contributed by atoms with Crippen molar-refractivity contribution in [1.82, 2.24) is 0 Å². The van der Waals surface area contributed by atoms with E-state index in [1.807, 2.05) is 0 Å². The van der Waals surface area contributed by atoms with Gasteiger partial charge in [-0.25, -0.2) is 9.13 Å². The number of aliphatic hydroxyl groups is 1. The Balaban J connectivity index is 5.23. The molecule has 2 unspecified atom stereocenters. The number of phosphoric ester groups is 2. The topological polar surface area (TPSA) is 237 Å². The van der Waals surface area contributed by atoms with E-state index in [4.69, 9.17) is 37.0 Å². The van der Waals surface area contributed by atoms with Crippen molar-refractivity contribution < 1.29 is 80.2 Å². The molecule has 19 heteroatoms. The van der Waals surface area contributed by atoms with E-state index in [1.54, 1.807) is 0 Å². The number of rotatable bonds is 74. The molecule has 558 valence electrons. The van der Waals surface area contributed by atoms with Crippen LogP contribution in [0.15, 0.2) is 0 Å². The summed E-state index contributed by atoms with van der Waals surface area (Å²) in [5.41, 5.74) is 0. The molecule has 0 aromatic carbocycles. The maximum Gasteiger partial charge on any atom is 0.472 e. The number of aliphatic hydroxyl groups excluding tert-OH is 1. The first kappa shape index (κ1) is 92.1. The second-order valence-corrected chi connectivity index (χ2v) is 30.9. The molecule has 0 heterocycles. The van der Waals surface area contributed by atoms with Crippen LogP contribution in [0.4, 0.5) is 0 Å². The van der Waals surface area contributed by atoms with E-state index in [2.05, 4.69) is 41.5 Å². The Labute approximate surface area is 575 Å². The molecular weight excluding hydrogens is 1230 g/mol. The number of hydrogen-bond donors (Lipinski definition) is 3. The molecule has 17 nitrogen and oxygen atoms in total. The minimum absolute atomic E-state index is 0.105. The molecule has 0 spiro atoms. The number of hydrogen-bond acceptors (Lipinski definition) is 15. The number of carbonyl (C=O) groups is 4. The Morgan fingerprint density at radius 2 is 0.489 bits per heavy atom. The average molecular weight is 1380 g/mol. The lowest BCUT2D eigenvalue weighted by Crippen LogP contribution is -2.30. The summed E-state index contributed by atoms with van der Waals surface area (Å²) < 4.78 is 68.5. The van der Waals surface area contributed by atoms with E-state index in [0.29, 0.717) is 25.7 Å². The van der Waals surface area contributed by atoms with E-state index < -0.39 is 97.5 Å². The Hall–Kier alpha value is -1.94. The first-order chi connectivity index (χ1) is 45.4. The van der Waals surface area contributed by atoms with Crippen molar-refractivity contribution in [3.8, 4) is 0 Å². The SMILES string of the molecule is CCCCCCCCCCCCCCCCCCCCC(=O)O[C@H](COC(=O)CCCCCCCCCCCCCCC(C)C)COP(=O)(O)OC[C@@H](O)COP(=O)(O)OC[C@@H](COC(=O)CCCCCCCCCCCC)OC(=O)CCCCCCCCCCC(C)C. The van der Waals surface area contributed by atoms with Crippen molar-refractivity contribution in [2.24, 2.45) is 11.8 Å². The first-order valence-electron chi connectivity index (χ1n) is 39.0. The number of ether oxygens (including phenoxy) is 4. The maximum atomic E-state index is 13.1. The Morgan fingerprint density at radius 1 is 0.287 bits per heavy atom. The van der Waals surface area contributed by atoms with Gasteiger partial charge in [0.1, 0.15) is 19.3 Å². The molecule has 5 atom stereocenters. The van der Waals surface area contributed by atoms with Crippen molar-refractivity contribution in [1.29, 1.82) is 0 Å². The van der Waals surface area contributed by atoms with Gasteiger partial charge in [-0.2, -0.15) is 0 Å². The fourth-order valence-corrected chi connectivity index (χ4v) is 13.1. The zero-order valence-corrected chi connectivity index (χ0v) is 63.1. The van der Waals surface area contributed by atoms with Crippen molar-refractivity contribution in [2.45, 2.75) is 407 Å². The maximum absolute atomic E-state index is 13.1. The van der Waals surface area contributed by atoms with Crippen LogP contribution in [0.25, 0.3) is 0 Å². The molecule has 0 aliphatic rings. The zero-order valence-electron chi connectivity index (χ0n) is 61.3. The summed E-state index contributed by atoms with van der Waals surface area (Å²) in [7, 11) is -9.91. The summed E-state index contributed by atoms with van der Waals surface area (Å²) >= 11 is 0. The monoisotopic (exact) mass is 1380 g/mol. The van der Waals surface area contributed by atoms with Gasteiger partial charge in [0.25, 0.3) is 0 Å². The summed E-state index contributed by atoms with van der Waals surface area (Å²) in [5, 5.41) is 10.6. The smallest absolute Gasteiger partial charge is 0.462 e. The van der Waals surface area contributed by atoms with Gasteiger partial charge < -0.3 is 33.8 Å². The van der Waals surface area contributed by atoms with E-state index in [-0.39, 0.29) is 25.7 Å². The van der Waals surface area contributed by atoms with Gasteiger partial charge in [-0.1, -0.05) is 337 Å². The molecule has 0 aliphatic heterocycles. The summed E-state index contributed by atoms with van der Waals surface area (Å²) in [6.45, 7) is 9.55. The molecule has 0 aromatic rings. The highest BCUT2D eigenvalue weighted by Crippen LogP contribution is 2.45. The highest BCUT2D eigenvalue weighted by Gasteiger charge is 2.30. The number of esters is 4. The lowest BCUT2D eigenvalue weighted by molar-refractivity contribution is -0.161. The Kier molecular flexibility index (Phi) is 65.5. The third-order valence-corrected chi connectivity index (χ3v) is 19.4. The molecule has 0 rings (SSSR count). The van der Waals surface area contributed by atoms with Crippen LogP contribution in [-0.4, -0.2) is 96.7 Å². The number of phosphoric acid groups is 2. The molecule has 0 amide bonds. The minimum Gasteiger partial charge on any atom is -0.462 e. The Bertz CT molecular complexity index is 1820. The second-order valence-electron chi connectivity index (χ2n) is 28.0. The molecular formula is C75H146O17P2. The lowest BCUT2D eigenvalue weighted by Gasteiger charge is -2.21. The molecule has 0 saturated heterocycles. The van der Waals surface area contributed by atoms with Crippen LogP contribution in [0, 0.1) is 11.8 Å². The van der Waals surface area contributed by atoms with Crippen LogP contribution in [0.2, 0.25) is 0 Å². The summed E-state index contributed by atoms with van der Waals surface area (Å²) in [6.07, 6.45) is 54.1. The normalized spacial score (nSPS) is 14.0. The fraction of sp³-hybridized carbons (Fsp3) is 0.947. The molecule has 3 N–H and O–H groups in total. The molecule has 94 heavy (non-hydrogen) atoms. The third kappa shape index (κ3) is 68.6. The second kappa shape index (κ2) is 66.9. The Morgan fingerprint density at radius 3 is 0.723 bits per heavy atom. The van der Waals surface area contributed by atoms with E-state index in [0.717, 1.165) is 102 Å². The van der Waals surface area contributed by atoms with Crippen molar-refractivity contribution >= 4 is 39.5 Å². The predicted octanol–water partition coefficient (Wildman–Crippen LogP) is 21.9. The molecule has 0 radical (unpaired) electrons. The van der Waals surface area contributed by atoms with Gasteiger partial charge in [0.15, 0.2) is 12.2 Å². The third-order valence-electron chi connectivity index (χ3n) is 17.5. The van der Waals surface area contributed by atoms with Gasteiger partial charge in [-0.3, -0.25) is 37.3 Å². The van der Waals surface area contributed by atoms with Crippen LogP contribution in [0.1, 0.15) is 388 Å². The standard InChI is InChI=1S/C75H146O17P2/c1-7-9-11-13-15-17-19-20-21-22-23-24-25-30-34-41-47-53-59-74(79)91-70(63-86-73(78)58-52-46-40-33-29-27-26-28-31-37-43-49-55-67(3)4)65-89-93(81,82)87-61-69(76)62-88-94(83,84)90-66-71(64-85-72(77)57-51-45-39-32-18-16-14-12-10-8-2)92-75(80)60-54-48-42-36-35-38-44-50-56-68(5)6/h67-71,76H,7-66H2,1-6H3,(H,81,82)(H,83,84)/t69-,70-,71-/m1/s1. The average Bonchev–Trinajstić information content (AvgIpc) is 1.16. The van der Waals surface area contributed by atoms with Crippen molar-refractivity contribution in [2.75, 3.05) is 39.6 Å². The summed E-state index contributed by atoms with van der Waals surface area (Å²) in [4.78, 5) is 72.7. The van der Waals surface area contributed by atoms with Gasteiger partial charge >= 0.3 is 39.5 Å². The fourth-order valence-electron chi connectivity index (χ4n) is 11.5. The largest absolute Gasteiger partial charge is 0.472 e. The van der Waals surface area contributed by atoms with E-state index >= 15 is 0 Å². The van der Waals surface area contributed by atoms with Crippen LogP contribution in [-0.2, 0) is 65.4 Å². The van der Waals surface area contributed by atoms with Gasteiger partial charge in [0, 0.05) is 25.7 Å². The van der Waals surface area contributed by atoms with Gasteiger partial charge in [0.05, 0.1) is 26.4 Å². The molecule has 0 aliphatic carbocycles. The summed E-state index contributed by atoms with van der Waals surface area (Å²) in [6, 6.07) is 0. The van der Waals surface area contributed by atoms with Crippen LogP contribution < -0.4 is 0 Å². The number of unbranched alkanes of at least 4 members (excludes halogenated alkanes) is 44. The summed E-state index contributed by atoms with van der Waals surface area (Å²) in [5.74, 6) is -0.618. The van der Waals surface area contributed by atoms with Crippen molar-refractivity contribution in [3.05, 3.63) is 0 Å². The van der Waals surface area contributed by atoms with Crippen LogP contribution >= 0.6 is 15.6 Å². The van der Waals surface area contributed by atoms with Crippen LogP contribution in [0.3, 0.4) is 0 Å². The van der Waals surface area contributed by atoms with Crippen LogP contribution in [0.5, 0.6) is 0 Å². The zero-order chi connectivity index (χ0) is 69.3. The van der Waals surface area contributed by atoms with Gasteiger partial charge in [-0.15, -0.1) is 0 Å². The first-order valence-corrected chi connectivity index (χ1v) is 42.0. The molecule has 0 bridgehead atoms. The molecule has 0 aromatic heterocycles. The lowest BCUT2D eigenvalue weighted by atomic mass is 10.0. The van der Waals surface area contributed by atoms with Gasteiger partial charge in [0.2, 0.25) is 0 Å².